The SMILES string of the molecule is Cc1ccc(NC(=O)c2cccc(OCc3c(C)noc3C)c2)cc1I. The third-order valence-corrected chi connectivity index (χ3v) is 5.25. The topological polar surface area (TPSA) is 64.4 Å². The van der Waals surface area contributed by atoms with Crippen LogP contribution in [-0.4, -0.2) is 11.1 Å². The van der Waals surface area contributed by atoms with E-state index in [9.17, 15) is 4.79 Å². The second kappa shape index (κ2) is 7.90. The summed E-state index contributed by atoms with van der Waals surface area (Å²) in [5.41, 5.74) is 4.22. The number of hydrogen-bond donors (Lipinski definition) is 1. The highest BCUT2D eigenvalue weighted by Gasteiger charge is 2.11. The van der Waals surface area contributed by atoms with Crippen LogP contribution in [0.25, 0.3) is 0 Å². The number of hydrogen-bond acceptors (Lipinski definition) is 4. The molecule has 0 aliphatic carbocycles. The first kappa shape index (κ1) is 18.4. The lowest BCUT2D eigenvalue weighted by Gasteiger charge is -2.09. The molecular formula is C20H19IN2O3. The molecule has 0 atom stereocenters. The number of carbonyl (C=O) groups is 1. The number of nitrogens with one attached hydrogen (secondary N) is 1. The van der Waals surface area contributed by atoms with Crippen molar-refractivity contribution >= 4 is 34.2 Å². The van der Waals surface area contributed by atoms with Gasteiger partial charge in [-0.25, -0.2) is 0 Å². The lowest BCUT2D eigenvalue weighted by atomic mass is 10.2. The van der Waals surface area contributed by atoms with Crippen molar-refractivity contribution in [2.45, 2.75) is 27.4 Å². The van der Waals surface area contributed by atoms with Gasteiger partial charge in [-0.2, -0.15) is 0 Å². The van der Waals surface area contributed by atoms with E-state index in [4.69, 9.17) is 9.26 Å². The minimum Gasteiger partial charge on any atom is -0.489 e. The van der Waals surface area contributed by atoms with Crippen molar-refractivity contribution in [3.8, 4) is 5.75 Å². The van der Waals surface area contributed by atoms with Crippen LogP contribution in [0, 0.1) is 24.3 Å². The number of benzene rings is 2. The number of ether oxygens (including phenoxy) is 1. The van der Waals surface area contributed by atoms with Crippen molar-refractivity contribution in [1.29, 1.82) is 0 Å². The summed E-state index contributed by atoms with van der Waals surface area (Å²) in [7, 11) is 0. The first-order chi connectivity index (χ1) is 12.4. The van der Waals surface area contributed by atoms with Gasteiger partial charge in [0.15, 0.2) is 0 Å². The maximum Gasteiger partial charge on any atom is 0.255 e. The van der Waals surface area contributed by atoms with Crippen LogP contribution in [0.2, 0.25) is 0 Å². The summed E-state index contributed by atoms with van der Waals surface area (Å²) in [6.07, 6.45) is 0. The van der Waals surface area contributed by atoms with Crippen LogP contribution in [0.1, 0.15) is 32.9 Å². The Morgan fingerprint density at radius 2 is 2.00 bits per heavy atom. The molecule has 0 saturated heterocycles. The monoisotopic (exact) mass is 462 g/mol. The van der Waals surface area contributed by atoms with Gasteiger partial charge in [0.1, 0.15) is 18.1 Å². The van der Waals surface area contributed by atoms with E-state index in [2.05, 4.69) is 33.1 Å². The molecule has 6 heteroatoms. The standard InChI is InChI=1S/C20H19IN2O3/c1-12-7-8-16(10-19(12)21)22-20(24)15-5-4-6-17(9-15)25-11-18-13(2)23-26-14(18)3/h4-10H,11H2,1-3H3,(H,22,24). The fourth-order valence-corrected chi connectivity index (χ4v) is 2.98. The molecule has 0 aliphatic rings. The molecular weight excluding hydrogens is 443 g/mol. The van der Waals surface area contributed by atoms with Crippen LogP contribution >= 0.6 is 22.6 Å². The maximum absolute atomic E-state index is 12.5. The molecule has 1 heterocycles. The summed E-state index contributed by atoms with van der Waals surface area (Å²) in [5, 5.41) is 6.83. The smallest absolute Gasteiger partial charge is 0.255 e. The highest BCUT2D eigenvalue weighted by atomic mass is 127. The predicted octanol–water partition coefficient (Wildman–Crippen LogP) is 5.04. The van der Waals surface area contributed by atoms with E-state index in [0.717, 1.165) is 26.3 Å². The van der Waals surface area contributed by atoms with Crippen molar-refractivity contribution in [2.75, 3.05) is 5.32 Å². The Hall–Kier alpha value is -2.35. The van der Waals surface area contributed by atoms with Gasteiger partial charge in [-0.3, -0.25) is 4.79 Å². The number of nitrogens with zero attached hydrogens (tertiary/aromatic N) is 1. The number of aromatic nitrogens is 1. The molecule has 0 radical (unpaired) electrons. The van der Waals surface area contributed by atoms with Gasteiger partial charge in [0.25, 0.3) is 5.91 Å². The van der Waals surface area contributed by atoms with E-state index >= 15 is 0 Å². The summed E-state index contributed by atoms with van der Waals surface area (Å²) in [6.45, 7) is 6.11. The normalized spacial score (nSPS) is 10.6. The van der Waals surface area contributed by atoms with Crippen LogP contribution < -0.4 is 10.1 Å². The fraction of sp³-hybridized carbons (Fsp3) is 0.200. The summed E-state index contributed by atoms with van der Waals surface area (Å²) < 4.78 is 12.1. The maximum atomic E-state index is 12.5. The third kappa shape index (κ3) is 4.24. The van der Waals surface area contributed by atoms with Crippen molar-refractivity contribution in [3.05, 3.63) is 74.2 Å². The minimum atomic E-state index is -0.174. The van der Waals surface area contributed by atoms with Gasteiger partial charge >= 0.3 is 0 Å². The highest BCUT2D eigenvalue weighted by molar-refractivity contribution is 14.1. The Labute approximate surface area is 165 Å². The largest absolute Gasteiger partial charge is 0.489 e. The average Bonchev–Trinajstić information content (AvgIpc) is 2.94. The first-order valence-electron chi connectivity index (χ1n) is 8.16. The van der Waals surface area contributed by atoms with Gasteiger partial charge in [0.05, 0.1) is 11.3 Å². The number of aryl methyl sites for hydroxylation is 3. The number of amides is 1. The van der Waals surface area contributed by atoms with Crippen LogP contribution in [0.4, 0.5) is 5.69 Å². The second-order valence-electron chi connectivity index (χ2n) is 6.04. The van der Waals surface area contributed by atoms with Gasteiger partial charge in [-0.15, -0.1) is 0 Å². The number of anilines is 1. The molecule has 0 spiro atoms. The molecule has 1 N–H and O–H groups in total. The molecule has 0 unspecified atom stereocenters. The second-order valence-corrected chi connectivity index (χ2v) is 7.20. The third-order valence-electron chi connectivity index (χ3n) is 4.09. The molecule has 0 fully saturated rings. The predicted molar refractivity (Wildman–Crippen MR) is 109 cm³/mol. The Morgan fingerprint density at radius 1 is 1.19 bits per heavy atom. The molecule has 0 bridgehead atoms. The van der Waals surface area contributed by atoms with Crippen molar-refractivity contribution in [2.24, 2.45) is 0 Å². The summed E-state index contributed by atoms with van der Waals surface area (Å²) in [6, 6.07) is 12.9. The van der Waals surface area contributed by atoms with Crippen LogP contribution in [0.3, 0.4) is 0 Å². The molecule has 2 aromatic carbocycles. The number of halogens is 1. The van der Waals surface area contributed by atoms with Gasteiger partial charge in [-0.1, -0.05) is 17.3 Å². The average molecular weight is 462 g/mol. The molecule has 1 aromatic heterocycles. The molecule has 3 rings (SSSR count). The van der Waals surface area contributed by atoms with E-state index in [0.29, 0.717) is 17.9 Å². The zero-order valence-electron chi connectivity index (χ0n) is 14.8. The summed E-state index contributed by atoms with van der Waals surface area (Å²) in [4.78, 5) is 12.5. The zero-order valence-corrected chi connectivity index (χ0v) is 17.0. The molecule has 0 saturated carbocycles. The molecule has 0 aliphatic heterocycles. The van der Waals surface area contributed by atoms with Crippen molar-refractivity contribution in [3.63, 3.8) is 0 Å². The van der Waals surface area contributed by atoms with E-state index in [1.54, 1.807) is 18.2 Å². The molecule has 1 amide bonds. The Morgan fingerprint density at radius 3 is 2.69 bits per heavy atom. The number of carbonyl (C=O) groups excluding carboxylic acids is 1. The quantitative estimate of drug-likeness (QED) is 0.540. The van der Waals surface area contributed by atoms with Gasteiger partial charge in [0.2, 0.25) is 0 Å². The van der Waals surface area contributed by atoms with Gasteiger partial charge in [0, 0.05) is 14.8 Å². The summed E-state index contributed by atoms with van der Waals surface area (Å²) in [5.74, 6) is 1.19. The van der Waals surface area contributed by atoms with Crippen LogP contribution in [0.15, 0.2) is 47.0 Å². The Balaban J connectivity index is 1.70. The van der Waals surface area contributed by atoms with Gasteiger partial charge in [-0.05, 0) is 79.3 Å². The first-order valence-corrected chi connectivity index (χ1v) is 9.24. The fourth-order valence-electron chi connectivity index (χ4n) is 2.46. The zero-order chi connectivity index (χ0) is 18.7. The molecule has 3 aromatic rings. The van der Waals surface area contributed by atoms with E-state index in [1.165, 1.54) is 5.56 Å². The molecule has 134 valence electrons. The lowest BCUT2D eigenvalue weighted by molar-refractivity contribution is 0.102. The molecule has 5 nitrogen and oxygen atoms in total. The van der Waals surface area contributed by atoms with E-state index in [-0.39, 0.29) is 5.91 Å². The Bertz CT molecular complexity index is 930. The number of rotatable bonds is 5. The summed E-state index contributed by atoms with van der Waals surface area (Å²) >= 11 is 2.25. The van der Waals surface area contributed by atoms with Crippen LogP contribution in [-0.2, 0) is 6.61 Å². The van der Waals surface area contributed by atoms with Crippen LogP contribution in [0.5, 0.6) is 5.75 Å². The van der Waals surface area contributed by atoms with Gasteiger partial charge < -0.3 is 14.6 Å². The van der Waals surface area contributed by atoms with E-state index in [1.807, 2.05) is 45.0 Å². The van der Waals surface area contributed by atoms with E-state index < -0.39 is 0 Å². The highest BCUT2D eigenvalue weighted by Crippen LogP contribution is 2.21. The van der Waals surface area contributed by atoms with Crippen molar-refractivity contribution in [1.82, 2.24) is 5.16 Å². The molecule has 26 heavy (non-hydrogen) atoms. The Kier molecular flexibility index (Phi) is 5.61. The minimum absolute atomic E-state index is 0.174. The van der Waals surface area contributed by atoms with Crippen molar-refractivity contribution < 1.29 is 14.1 Å². The lowest BCUT2D eigenvalue weighted by Crippen LogP contribution is -2.12.